The Morgan fingerprint density at radius 2 is 1.91 bits per heavy atom. The zero-order valence-corrected chi connectivity index (χ0v) is 13.2. The Balaban J connectivity index is 2.18. The lowest BCUT2D eigenvalue weighted by Gasteiger charge is -2.39. The summed E-state index contributed by atoms with van der Waals surface area (Å²) < 4.78 is 5.07. The average molecular weight is 306 g/mol. The molecule has 0 unspecified atom stereocenters. The van der Waals surface area contributed by atoms with Crippen LogP contribution in [0.25, 0.3) is 0 Å². The number of amides is 1. The van der Waals surface area contributed by atoms with Crippen LogP contribution in [0.2, 0.25) is 0 Å². The lowest BCUT2D eigenvalue weighted by atomic mass is 9.95. The molecule has 0 spiro atoms. The quantitative estimate of drug-likeness (QED) is 0.908. The van der Waals surface area contributed by atoms with Gasteiger partial charge in [-0.2, -0.15) is 0 Å². The second kappa shape index (κ2) is 6.79. The number of hydrogen-bond donors (Lipinski definition) is 1. The number of aliphatic carboxylic acids is 1. The van der Waals surface area contributed by atoms with Crippen molar-refractivity contribution in [1.82, 2.24) is 9.80 Å². The molecule has 0 aliphatic carbocycles. The van der Waals surface area contributed by atoms with Crippen LogP contribution < -0.4 is 4.74 Å². The highest BCUT2D eigenvalue weighted by Crippen LogP contribution is 2.23. The van der Waals surface area contributed by atoms with E-state index in [4.69, 9.17) is 4.74 Å². The summed E-state index contributed by atoms with van der Waals surface area (Å²) in [5.74, 6) is -0.529. The summed E-state index contributed by atoms with van der Waals surface area (Å²) in [6.07, 6.45) is 1.23. The number of hydrogen-bond acceptors (Lipinski definition) is 4. The monoisotopic (exact) mass is 306 g/mol. The molecule has 1 aliphatic rings. The molecule has 1 aromatic carbocycles. The van der Waals surface area contributed by atoms with Gasteiger partial charge in [0.1, 0.15) is 11.8 Å². The summed E-state index contributed by atoms with van der Waals surface area (Å²) >= 11 is 0. The van der Waals surface area contributed by atoms with Crippen molar-refractivity contribution in [3.05, 3.63) is 29.8 Å². The lowest BCUT2D eigenvalue weighted by molar-refractivity contribution is -0.144. The Morgan fingerprint density at radius 3 is 2.41 bits per heavy atom. The number of methoxy groups -OCH3 is 1. The first kappa shape index (κ1) is 16.3. The first-order chi connectivity index (χ1) is 10.4. The Bertz CT molecular complexity index is 542. The van der Waals surface area contributed by atoms with Crippen LogP contribution in [0.1, 0.15) is 23.2 Å². The van der Waals surface area contributed by atoms with Crippen LogP contribution in [0.5, 0.6) is 5.75 Å². The third-order valence-electron chi connectivity index (χ3n) is 4.19. The summed E-state index contributed by atoms with van der Waals surface area (Å²) in [5, 5.41) is 9.45. The number of carboxylic acid groups (broad SMARTS) is 1. The fourth-order valence-corrected chi connectivity index (χ4v) is 2.79. The number of carbonyl (C=O) groups is 2. The number of benzene rings is 1. The van der Waals surface area contributed by atoms with E-state index in [2.05, 4.69) is 0 Å². The predicted molar refractivity (Wildman–Crippen MR) is 82.2 cm³/mol. The average Bonchev–Trinajstić information content (AvgIpc) is 2.53. The summed E-state index contributed by atoms with van der Waals surface area (Å²) in [5.41, 5.74) is 0.482. The largest absolute Gasteiger partial charge is 0.497 e. The van der Waals surface area contributed by atoms with Crippen molar-refractivity contribution in [2.24, 2.45) is 0 Å². The van der Waals surface area contributed by atoms with Crippen LogP contribution in [0.15, 0.2) is 24.3 Å². The highest BCUT2D eigenvalue weighted by molar-refractivity contribution is 5.96. The molecule has 6 nitrogen and oxygen atoms in total. The minimum absolute atomic E-state index is 0.181. The van der Waals surface area contributed by atoms with E-state index in [1.807, 2.05) is 19.0 Å². The van der Waals surface area contributed by atoms with E-state index in [0.29, 0.717) is 24.3 Å². The zero-order valence-electron chi connectivity index (χ0n) is 13.2. The molecule has 0 aromatic heterocycles. The van der Waals surface area contributed by atoms with Gasteiger partial charge < -0.3 is 19.6 Å². The van der Waals surface area contributed by atoms with Gasteiger partial charge in [0.15, 0.2) is 0 Å². The van der Waals surface area contributed by atoms with Gasteiger partial charge in [-0.1, -0.05) is 0 Å². The maximum atomic E-state index is 12.6. The second-order valence-corrected chi connectivity index (χ2v) is 5.72. The summed E-state index contributed by atoms with van der Waals surface area (Å²) in [4.78, 5) is 27.6. The smallest absolute Gasteiger partial charge is 0.326 e. The van der Waals surface area contributed by atoms with Gasteiger partial charge in [0.25, 0.3) is 5.91 Å². The Kier molecular flexibility index (Phi) is 5.03. The number of ether oxygens (including phenoxy) is 1. The molecule has 2 atom stereocenters. The van der Waals surface area contributed by atoms with E-state index >= 15 is 0 Å². The summed E-state index contributed by atoms with van der Waals surface area (Å²) in [6.45, 7) is 0.449. The molecule has 1 N–H and O–H groups in total. The van der Waals surface area contributed by atoms with E-state index in [1.165, 1.54) is 4.90 Å². The molecular formula is C16H22N2O4. The molecular weight excluding hydrogens is 284 g/mol. The molecule has 1 amide bonds. The minimum Gasteiger partial charge on any atom is -0.497 e. The Morgan fingerprint density at radius 1 is 1.27 bits per heavy atom. The zero-order chi connectivity index (χ0) is 16.3. The van der Waals surface area contributed by atoms with Crippen molar-refractivity contribution in [3.8, 4) is 5.75 Å². The van der Waals surface area contributed by atoms with Crippen LogP contribution >= 0.6 is 0 Å². The van der Waals surface area contributed by atoms with Crippen LogP contribution in [-0.4, -0.2) is 66.6 Å². The van der Waals surface area contributed by atoms with E-state index < -0.39 is 12.0 Å². The van der Waals surface area contributed by atoms with Crippen LogP contribution in [0.4, 0.5) is 0 Å². The number of carboxylic acids is 1. The second-order valence-electron chi connectivity index (χ2n) is 5.72. The molecule has 6 heteroatoms. The van der Waals surface area contributed by atoms with Crippen LogP contribution in [0, 0.1) is 0 Å². The number of nitrogens with zero attached hydrogens (tertiary/aromatic N) is 2. The SMILES string of the molecule is COc1ccc(C(=O)N2CC[C@@H](N(C)C)C[C@H]2C(=O)O)cc1. The molecule has 0 saturated carbocycles. The molecule has 2 rings (SSSR count). The van der Waals surface area contributed by atoms with Gasteiger partial charge in [-0.15, -0.1) is 0 Å². The number of carbonyl (C=O) groups excluding carboxylic acids is 1. The normalized spacial score (nSPS) is 21.7. The third kappa shape index (κ3) is 3.39. The molecule has 1 aliphatic heterocycles. The number of piperidine rings is 1. The van der Waals surface area contributed by atoms with Gasteiger partial charge in [0, 0.05) is 18.2 Å². The molecule has 120 valence electrons. The summed E-state index contributed by atoms with van der Waals surface area (Å²) in [7, 11) is 5.43. The Labute approximate surface area is 130 Å². The molecule has 22 heavy (non-hydrogen) atoms. The van der Waals surface area contributed by atoms with E-state index in [1.54, 1.807) is 31.4 Å². The van der Waals surface area contributed by atoms with Crippen LogP contribution in [0.3, 0.4) is 0 Å². The first-order valence-electron chi connectivity index (χ1n) is 7.28. The number of rotatable bonds is 4. The fraction of sp³-hybridized carbons (Fsp3) is 0.500. The molecule has 1 fully saturated rings. The maximum absolute atomic E-state index is 12.6. The van der Waals surface area contributed by atoms with Gasteiger partial charge in [0.2, 0.25) is 0 Å². The highest BCUT2D eigenvalue weighted by Gasteiger charge is 2.37. The minimum atomic E-state index is -0.951. The van der Waals surface area contributed by atoms with Crippen molar-refractivity contribution < 1.29 is 19.4 Å². The van der Waals surface area contributed by atoms with Gasteiger partial charge in [-0.05, 0) is 51.2 Å². The van der Waals surface area contributed by atoms with E-state index in [9.17, 15) is 14.7 Å². The first-order valence-corrected chi connectivity index (χ1v) is 7.28. The topological polar surface area (TPSA) is 70.1 Å². The van der Waals surface area contributed by atoms with E-state index in [0.717, 1.165) is 6.42 Å². The van der Waals surface area contributed by atoms with Crippen molar-refractivity contribution in [2.45, 2.75) is 24.9 Å². The van der Waals surface area contributed by atoms with Gasteiger partial charge in [-0.25, -0.2) is 4.79 Å². The summed E-state index contributed by atoms with van der Waals surface area (Å²) in [6, 6.07) is 6.14. The van der Waals surface area contributed by atoms with E-state index in [-0.39, 0.29) is 11.9 Å². The van der Waals surface area contributed by atoms with Gasteiger partial charge in [-0.3, -0.25) is 4.79 Å². The third-order valence-corrected chi connectivity index (χ3v) is 4.19. The molecule has 0 radical (unpaired) electrons. The molecule has 1 aromatic rings. The van der Waals surface area contributed by atoms with Gasteiger partial charge in [0.05, 0.1) is 7.11 Å². The van der Waals surface area contributed by atoms with Crippen LogP contribution in [-0.2, 0) is 4.79 Å². The van der Waals surface area contributed by atoms with Gasteiger partial charge >= 0.3 is 5.97 Å². The highest BCUT2D eigenvalue weighted by atomic mass is 16.5. The maximum Gasteiger partial charge on any atom is 0.326 e. The van der Waals surface area contributed by atoms with Crippen molar-refractivity contribution in [2.75, 3.05) is 27.7 Å². The molecule has 0 bridgehead atoms. The molecule has 1 saturated heterocycles. The van der Waals surface area contributed by atoms with Crippen molar-refractivity contribution >= 4 is 11.9 Å². The standard InChI is InChI=1S/C16H22N2O4/c1-17(2)12-8-9-18(14(10-12)16(20)21)15(19)11-4-6-13(22-3)7-5-11/h4-7,12,14H,8-10H2,1-3H3,(H,20,21)/t12-,14+/m1/s1. The fourth-order valence-electron chi connectivity index (χ4n) is 2.79. The van der Waals surface area contributed by atoms with Crippen molar-refractivity contribution in [3.63, 3.8) is 0 Å². The van der Waals surface area contributed by atoms with Crippen molar-refractivity contribution in [1.29, 1.82) is 0 Å². The number of likely N-dealkylation sites (tertiary alicyclic amines) is 1. The lowest BCUT2D eigenvalue weighted by Crippen LogP contribution is -2.53. The predicted octanol–water partition coefficient (Wildman–Crippen LogP) is 1.31. The Hall–Kier alpha value is -2.08. The molecule has 1 heterocycles.